The Morgan fingerprint density at radius 3 is 2.94 bits per heavy atom. The number of nitrogens with one attached hydrogen (secondary N) is 2. The van der Waals surface area contributed by atoms with Gasteiger partial charge in [-0.3, -0.25) is 0 Å². The number of amides is 2. The van der Waals surface area contributed by atoms with Gasteiger partial charge >= 0.3 is 6.03 Å². The fourth-order valence-corrected chi connectivity index (χ4v) is 1.50. The highest BCUT2D eigenvalue weighted by atomic mass is 35.5. The molecule has 3 nitrogen and oxygen atoms in total. The summed E-state index contributed by atoms with van der Waals surface area (Å²) in [6.07, 6.45) is 2.32. The van der Waals surface area contributed by atoms with Crippen LogP contribution in [0.3, 0.4) is 0 Å². The summed E-state index contributed by atoms with van der Waals surface area (Å²) in [5.41, 5.74) is 0.0980. The van der Waals surface area contributed by atoms with Crippen LogP contribution >= 0.6 is 11.6 Å². The molecule has 16 heavy (non-hydrogen) atoms. The number of urea groups is 1. The molecular weight excluding hydrogens is 231 g/mol. The molecule has 0 radical (unpaired) electrons. The first kappa shape index (κ1) is 11.2. The van der Waals surface area contributed by atoms with Crippen molar-refractivity contribution in [1.82, 2.24) is 5.32 Å². The molecule has 0 aliphatic heterocycles. The van der Waals surface area contributed by atoms with E-state index in [2.05, 4.69) is 10.6 Å². The second kappa shape index (κ2) is 4.70. The summed E-state index contributed by atoms with van der Waals surface area (Å²) in [7, 11) is 0. The molecule has 0 spiro atoms. The summed E-state index contributed by atoms with van der Waals surface area (Å²) in [6.45, 7) is 0.647. The Bertz CT molecular complexity index is 407. The zero-order valence-corrected chi connectivity index (χ0v) is 9.35. The number of hydrogen-bond donors (Lipinski definition) is 2. The fourth-order valence-electron chi connectivity index (χ4n) is 1.33. The first-order valence-corrected chi connectivity index (χ1v) is 5.53. The molecule has 2 amide bonds. The fraction of sp³-hybridized carbons (Fsp3) is 0.364. The van der Waals surface area contributed by atoms with Gasteiger partial charge in [0.15, 0.2) is 5.82 Å². The monoisotopic (exact) mass is 242 g/mol. The average molecular weight is 243 g/mol. The van der Waals surface area contributed by atoms with E-state index in [1.54, 1.807) is 6.07 Å². The maximum atomic E-state index is 13.4. The molecule has 0 heterocycles. The molecule has 0 atom stereocenters. The molecule has 1 aromatic rings. The van der Waals surface area contributed by atoms with Crippen molar-refractivity contribution >= 4 is 23.3 Å². The van der Waals surface area contributed by atoms with Gasteiger partial charge in [-0.2, -0.15) is 0 Å². The number of carbonyl (C=O) groups excluding carboxylic acids is 1. The number of benzene rings is 1. The van der Waals surface area contributed by atoms with Crippen molar-refractivity contribution in [2.75, 3.05) is 11.9 Å². The third-order valence-electron chi connectivity index (χ3n) is 2.45. The van der Waals surface area contributed by atoms with Crippen LogP contribution in [-0.4, -0.2) is 12.6 Å². The van der Waals surface area contributed by atoms with Crippen molar-refractivity contribution in [2.24, 2.45) is 5.92 Å². The lowest BCUT2D eigenvalue weighted by molar-refractivity contribution is 0.251. The summed E-state index contributed by atoms with van der Waals surface area (Å²) >= 11 is 5.59. The van der Waals surface area contributed by atoms with Crippen LogP contribution in [0.2, 0.25) is 5.02 Å². The normalized spacial score (nSPS) is 14.6. The highest BCUT2D eigenvalue weighted by molar-refractivity contribution is 6.31. The van der Waals surface area contributed by atoms with E-state index in [0.29, 0.717) is 12.5 Å². The van der Waals surface area contributed by atoms with Crippen LogP contribution in [0, 0.1) is 11.7 Å². The smallest absolute Gasteiger partial charge is 0.319 e. The van der Waals surface area contributed by atoms with Crippen molar-refractivity contribution in [1.29, 1.82) is 0 Å². The Hall–Kier alpha value is -1.29. The van der Waals surface area contributed by atoms with E-state index >= 15 is 0 Å². The first-order chi connectivity index (χ1) is 7.66. The third-order valence-corrected chi connectivity index (χ3v) is 2.74. The molecular formula is C11H12ClFN2O. The standard InChI is InChI=1S/C11H12ClFN2O/c12-8-2-1-3-9(10(8)13)15-11(16)14-6-7-4-5-7/h1-3,7H,4-6H2,(H2,14,15,16). The molecule has 2 rings (SSSR count). The van der Waals surface area contributed by atoms with Crippen LogP contribution in [0.5, 0.6) is 0 Å². The van der Waals surface area contributed by atoms with Crippen molar-refractivity contribution in [3.8, 4) is 0 Å². The minimum atomic E-state index is -0.606. The Morgan fingerprint density at radius 1 is 1.50 bits per heavy atom. The number of rotatable bonds is 3. The van der Waals surface area contributed by atoms with Crippen LogP contribution in [0.15, 0.2) is 18.2 Å². The predicted molar refractivity (Wildman–Crippen MR) is 61.2 cm³/mol. The average Bonchev–Trinajstić information content (AvgIpc) is 3.06. The molecule has 0 aromatic heterocycles. The highest BCUT2D eigenvalue weighted by Crippen LogP contribution is 2.27. The van der Waals surface area contributed by atoms with Gasteiger partial charge in [0, 0.05) is 6.54 Å². The van der Waals surface area contributed by atoms with Crippen molar-refractivity contribution in [3.05, 3.63) is 29.0 Å². The Morgan fingerprint density at radius 2 is 2.25 bits per heavy atom. The lowest BCUT2D eigenvalue weighted by Gasteiger charge is -2.08. The molecule has 0 saturated heterocycles. The Kier molecular flexibility index (Phi) is 3.29. The van der Waals surface area contributed by atoms with E-state index in [4.69, 9.17) is 11.6 Å². The van der Waals surface area contributed by atoms with Crippen LogP contribution in [0.1, 0.15) is 12.8 Å². The Labute approximate surface area is 98.0 Å². The molecule has 1 aliphatic rings. The van der Waals surface area contributed by atoms with E-state index < -0.39 is 11.8 Å². The zero-order valence-electron chi connectivity index (χ0n) is 8.59. The summed E-state index contributed by atoms with van der Waals surface area (Å²) in [4.78, 5) is 11.4. The molecule has 1 saturated carbocycles. The van der Waals surface area contributed by atoms with Gasteiger partial charge in [0.2, 0.25) is 0 Å². The second-order valence-corrected chi connectivity index (χ2v) is 4.29. The van der Waals surface area contributed by atoms with E-state index in [1.807, 2.05) is 0 Å². The lowest BCUT2D eigenvalue weighted by atomic mass is 10.3. The minimum absolute atomic E-state index is 0.00000656. The second-order valence-electron chi connectivity index (χ2n) is 3.88. The molecule has 5 heteroatoms. The van der Waals surface area contributed by atoms with Crippen molar-refractivity contribution in [2.45, 2.75) is 12.8 Å². The molecule has 1 fully saturated rings. The number of carbonyl (C=O) groups is 1. The van der Waals surface area contributed by atoms with Crippen molar-refractivity contribution < 1.29 is 9.18 Å². The maximum absolute atomic E-state index is 13.4. The van der Waals surface area contributed by atoms with E-state index in [9.17, 15) is 9.18 Å². The number of hydrogen-bond acceptors (Lipinski definition) is 1. The van der Waals surface area contributed by atoms with Gasteiger partial charge in [0.05, 0.1) is 10.7 Å². The predicted octanol–water partition coefficient (Wildman–Crippen LogP) is 3.01. The van der Waals surface area contributed by atoms with Gasteiger partial charge in [-0.1, -0.05) is 17.7 Å². The minimum Gasteiger partial charge on any atom is -0.338 e. The van der Waals surface area contributed by atoms with Crippen LogP contribution < -0.4 is 10.6 Å². The van der Waals surface area contributed by atoms with Crippen LogP contribution in [0.25, 0.3) is 0 Å². The topological polar surface area (TPSA) is 41.1 Å². The number of anilines is 1. The quantitative estimate of drug-likeness (QED) is 0.841. The molecule has 1 aromatic carbocycles. The first-order valence-electron chi connectivity index (χ1n) is 5.15. The van der Waals surface area contributed by atoms with Gasteiger partial charge in [-0.25, -0.2) is 9.18 Å². The largest absolute Gasteiger partial charge is 0.338 e. The maximum Gasteiger partial charge on any atom is 0.319 e. The third kappa shape index (κ3) is 2.85. The zero-order chi connectivity index (χ0) is 11.5. The molecule has 0 unspecified atom stereocenters. The van der Waals surface area contributed by atoms with E-state index in [-0.39, 0.29) is 10.7 Å². The summed E-state index contributed by atoms with van der Waals surface area (Å²) in [6, 6.07) is 4.09. The summed E-state index contributed by atoms with van der Waals surface area (Å²) < 4.78 is 13.4. The Balaban J connectivity index is 1.91. The van der Waals surface area contributed by atoms with Gasteiger partial charge < -0.3 is 10.6 Å². The van der Waals surface area contributed by atoms with E-state index in [1.165, 1.54) is 12.1 Å². The van der Waals surface area contributed by atoms with Crippen molar-refractivity contribution in [3.63, 3.8) is 0 Å². The van der Waals surface area contributed by atoms with E-state index in [0.717, 1.165) is 12.8 Å². The van der Waals surface area contributed by atoms with Gasteiger partial charge in [-0.15, -0.1) is 0 Å². The van der Waals surface area contributed by atoms with Gasteiger partial charge in [0.25, 0.3) is 0 Å². The molecule has 86 valence electrons. The summed E-state index contributed by atoms with van der Waals surface area (Å²) in [5, 5.41) is 5.10. The van der Waals surface area contributed by atoms with Crippen LogP contribution in [0.4, 0.5) is 14.9 Å². The van der Waals surface area contributed by atoms with Gasteiger partial charge in [-0.05, 0) is 30.9 Å². The molecule has 2 N–H and O–H groups in total. The van der Waals surface area contributed by atoms with Crippen LogP contribution in [-0.2, 0) is 0 Å². The SMILES string of the molecule is O=C(NCC1CC1)Nc1cccc(Cl)c1F. The summed E-state index contributed by atoms with van der Waals surface area (Å²) in [5.74, 6) is -0.0132. The lowest BCUT2D eigenvalue weighted by Crippen LogP contribution is -2.30. The number of halogens is 2. The molecule has 0 bridgehead atoms. The molecule has 1 aliphatic carbocycles. The van der Waals surface area contributed by atoms with Gasteiger partial charge in [0.1, 0.15) is 0 Å². The highest BCUT2D eigenvalue weighted by Gasteiger charge is 2.21.